The van der Waals surface area contributed by atoms with E-state index in [0.717, 1.165) is 18.7 Å². The normalized spacial score (nSPS) is 31.2. The highest BCUT2D eigenvalue weighted by Gasteiger charge is 2.40. The van der Waals surface area contributed by atoms with E-state index < -0.39 is 0 Å². The van der Waals surface area contributed by atoms with Gasteiger partial charge in [0.15, 0.2) is 11.5 Å². The van der Waals surface area contributed by atoms with Crippen LogP contribution in [0, 0.1) is 0 Å². The van der Waals surface area contributed by atoms with Crippen LogP contribution in [0.4, 0.5) is 5.82 Å². The summed E-state index contributed by atoms with van der Waals surface area (Å²) in [5.41, 5.74) is 6.77. The van der Waals surface area contributed by atoms with Gasteiger partial charge in [-0.15, -0.1) is 14.8 Å². The molecule has 94 valence electrons. The van der Waals surface area contributed by atoms with E-state index in [1.54, 1.807) is 0 Å². The molecule has 0 spiro atoms. The molecule has 0 radical (unpaired) electrons. The van der Waals surface area contributed by atoms with Crippen molar-refractivity contribution in [1.29, 1.82) is 0 Å². The average molecular weight is 245 g/mol. The van der Waals surface area contributed by atoms with E-state index in [0.29, 0.717) is 23.8 Å². The third kappa shape index (κ3) is 1.40. The van der Waals surface area contributed by atoms with E-state index in [2.05, 4.69) is 25.5 Å². The molecule has 4 rings (SSSR count). The Hall–Kier alpha value is -1.76. The fraction of sp³-hybridized carbons (Fsp3) is 0.636. The van der Waals surface area contributed by atoms with Crippen molar-refractivity contribution in [3.63, 3.8) is 0 Å². The summed E-state index contributed by atoms with van der Waals surface area (Å²) < 4.78 is 1.49. The van der Waals surface area contributed by atoms with Gasteiger partial charge in [0.25, 0.3) is 0 Å². The van der Waals surface area contributed by atoms with Crippen molar-refractivity contribution in [1.82, 2.24) is 25.3 Å². The number of anilines is 1. The first-order valence-corrected chi connectivity index (χ1v) is 6.40. The quantitative estimate of drug-likeness (QED) is 0.760. The molecular weight excluding hydrogens is 230 g/mol. The van der Waals surface area contributed by atoms with Crippen molar-refractivity contribution in [2.75, 3.05) is 4.90 Å². The molecule has 18 heavy (non-hydrogen) atoms. The van der Waals surface area contributed by atoms with E-state index in [-0.39, 0.29) is 0 Å². The molecule has 2 bridgehead atoms. The summed E-state index contributed by atoms with van der Waals surface area (Å²) in [6.07, 6.45) is 4.55. The highest BCUT2D eigenvalue weighted by Crippen LogP contribution is 2.37. The lowest BCUT2D eigenvalue weighted by Gasteiger charge is -2.38. The number of nitrogens with two attached hydrogens (primary N) is 1. The largest absolute Gasteiger partial charge is 0.349 e. The Morgan fingerprint density at radius 1 is 1.17 bits per heavy atom. The lowest BCUT2D eigenvalue weighted by Crippen LogP contribution is -2.48. The van der Waals surface area contributed by atoms with Gasteiger partial charge in [-0.2, -0.15) is 0 Å². The summed E-state index contributed by atoms with van der Waals surface area (Å²) in [4.78, 5) is 2.41. The van der Waals surface area contributed by atoms with Crippen molar-refractivity contribution in [3.8, 4) is 0 Å². The zero-order valence-electron chi connectivity index (χ0n) is 9.98. The van der Waals surface area contributed by atoms with Gasteiger partial charge in [0.05, 0.1) is 0 Å². The number of nitrogens with zero attached hydrogens (tertiary/aromatic N) is 6. The first-order valence-electron chi connectivity index (χ1n) is 6.40. The van der Waals surface area contributed by atoms with Crippen molar-refractivity contribution in [2.24, 2.45) is 5.73 Å². The number of hydrogen-bond acceptors (Lipinski definition) is 6. The smallest absolute Gasteiger partial charge is 0.200 e. The predicted molar refractivity (Wildman–Crippen MR) is 65.1 cm³/mol. The van der Waals surface area contributed by atoms with Crippen molar-refractivity contribution < 1.29 is 0 Å². The zero-order chi connectivity index (χ0) is 12.1. The van der Waals surface area contributed by atoms with Gasteiger partial charge in [-0.1, -0.05) is 0 Å². The monoisotopic (exact) mass is 245 g/mol. The summed E-state index contributed by atoms with van der Waals surface area (Å²) in [5, 5.41) is 15.8. The minimum Gasteiger partial charge on any atom is -0.349 e. The van der Waals surface area contributed by atoms with Crippen LogP contribution in [0.1, 0.15) is 25.7 Å². The fourth-order valence-electron chi connectivity index (χ4n) is 3.37. The van der Waals surface area contributed by atoms with Crippen molar-refractivity contribution in [3.05, 3.63) is 12.1 Å². The SMILES string of the molecule is NC1CC2CCC(C1)N2c1ccc2nnnn2n1. The first-order chi connectivity index (χ1) is 8.81. The van der Waals surface area contributed by atoms with E-state index in [1.165, 1.54) is 17.5 Å². The van der Waals surface area contributed by atoms with Crippen LogP contribution in [0.5, 0.6) is 0 Å². The maximum absolute atomic E-state index is 6.09. The van der Waals surface area contributed by atoms with Crippen LogP contribution in [0.2, 0.25) is 0 Å². The second-order valence-corrected chi connectivity index (χ2v) is 5.24. The molecule has 2 fully saturated rings. The van der Waals surface area contributed by atoms with E-state index in [4.69, 9.17) is 5.73 Å². The van der Waals surface area contributed by atoms with Crippen molar-refractivity contribution in [2.45, 2.75) is 43.8 Å². The maximum Gasteiger partial charge on any atom is 0.200 e. The van der Waals surface area contributed by atoms with Gasteiger partial charge in [-0.3, -0.25) is 0 Å². The fourth-order valence-corrected chi connectivity index (χ4v) is 3.37. The Bertz CT molecular complexity index is 566. The topological polar surface area (TPSA) is 85.2 Å². The minimum absolute atomic E-state index is 0.343. The second kappa shape index (κ2) is 3.61. The van der Waals surface area contributed by atoms with Crippen LogP contribution in [0.3, 0.4) is 0 Å². The number of tetrazole rings is 1. The third-order valence-electron chi connectivity index (χ3n) is 4.09. The summed E-state index contributed by atoms with van der Waals surface area (Å²) >= 11 is 0. The minimum atomic E-state index is 0.343. The summed E-state index contributed by atoms with van der Waals surface area (Å²) in [5.74, 6) is 0.967. The van der Waals surface area contributed by atoms with Crippen molar-refractivity contribution >= 4 is 11.5 Å². The molecule has 0 amide bonds. The molecule has 0 aliphatic carbocycles. The van der Waals surface area contributed by atoms with Crippen LogP contribution < -0.4 is 10.6 Å². The maximum atomic E-state index is 6.09. The third-order valence-corrected chi connectivity index (χ3v) is 4.09. The molecule has 2 unspecified atom stereocenters. The highest BCUT2D eigenvalue weighted by molar-refractivity contribution is 5.47. The highest BCUT2D eigenvalue weighted by atomic mass is 15.6. The Labute approximate surface area is 104 Å². The lowest BCUT2D eigenvalue weighted by atomic mass is 9.98. The molecule has 2 aliphatic rings. The molecule has 2 atom stereocenters. The molecule has 4 heterocycles. The Morgan fingerprint density at radius 2 is 1.94 bits per heavy atom. The van der Waals surface area contributed by atoms with Gasteiger partial charge in [0.1, 0.15) is 0 Å². The van der Waals surface area contributed by atoms with Gasteiger partial charge >= 0.3 is 0 Å². The van der Waals surface area contributed by atoms with Crippen LogP contribution in [-0.4, -0.2) is 43.4 Å². The van der Waals surface area contributed by atoms with Gasteiger partial charge in [0.2, 0.25) is 0 Å². The Balaban J connectivity index is 1.74. The number of fused-ring (bicyclic) bond motifs is 3. The molecule has 0 saturated carbocycles. The van der Waals surface area contributed by atoms with Crippen LogP contribution in [0.15, 0.2) is 12.1 Å². The van der Waals surface area contributed by atoms with Gasteiger partial charge in [0, 0.05) is 18.1 Å². The molecule has 0 aromatic carbocycles. The molecule has 2 saturated heterocycles. The summed E-state index contributed by atoms with van der Waals surface area (Å²) in [7, 11) is 0. The zero-order valence-corrected chi connectivity index (χ0v) is 9.98. The first kappa shape index (κ1) is 10.2. The number of aromatic nitrogens is 5. The van der Waals surface area contributed by atoms with Crippen LogP contribution in [-0.2, 0) is 0 Å². The molecule has 2 aromatic rings. The standard InChI is InChI=1S/C11H15N7/c12-7-5-8-1-2-9(6-7)17(8)11-4-3-10-13-15-16-18(10)14-11/h3-4,7-9H,1-2,5-6,12H2. The van der Waals surface area contributed by atoms with Gasteiger partial charge < -0.3 is 10.6 Å². The van der Waals surface area contributed by atoms with Crippen LogP contribution >= 0.6 is 0 Å². The van der Waals surface area contributed by atoms with Gasteiger partial charge in [-0.05, 0) is 48.2 Å². The lowest BCUT2D eigenvalue weighted by molar-refractivity contribution is 0.410. The van der Waals surface area contributed by atoms with E-state index in [1.807, 2.05) is 12.1 Å². The molecule has 2 aromatic heterocycles. The van der Waals surface area contributed by atoms with Crippen LogP contribution in [0.25, 0.3) is 5.65 Å². The van der Waals surface area contributed by atoms with Gasteiger partial charge in [-0.25, -0.2) is 0 Å². The number of hydrogen-bond donors (Lipinski definition) is 1. The Kier molecular flexibility index (Phi) is 2.05. The molecule has 2 aliphatic heterocycles. The number of piperidine rings is 1. The van der Waals surface area contributed by atoms with E-state index >= 15 is 0 Å². The molecule has 7 nitrogen and oxygen atoms in total. The molecular formula is C11H15N7. The number of rotatable bonds is 1. The average Bonchev–Trinajstić information content (AvgIpc) is 2.91. The molecule has 7 heteroatoms. The second-order valence-electron chi connectivity index (χ2n) is 5.24. The summed E-state index contributed by atoms with van der Waals surface area (Å²) in [6, 6.07) is 5.32. The summed E-state index contributed by atoms with van der Waals surface area (Å²) in [6.45, 7) is 0. The van der Waals surface area contributed by atoms with E-state index in [9.17, 15) is 0 Å². The Morgan fingerprint density at radius 3 is 2.72 bits per heavy atom. The predicted octanol–water partition coefficient (Wildman–Crippen LogP) is -0.0222. The molecule has 2 N–H and O–H groups in total.